The van der Waals surface area contributed by atoms with E-state index < -0.39 is 19.3 Å². The Morgan fingerprint density at radius 1 is 1.14 bits per heavy atom. The molecule has 2 rings (SSSR count). The van der Waals surface area contributed by atoms with Gasteiger partial charge in [-0.3, -0.25) is 0 Å². The highest BCUT2D eigenvalue weighted by molar-refractivity contribution is 7.71. The maximum absolute atomic E-state index is 13.4. The number of nitrogen functional groups attached to an aromatic ring is 1. The Morgan fingerprint density at radius 2 is 1.69 bits per heavy atom. The van der Waals surface area contributed by atoms with E-state index in [-0.39, 0.29) is 32.9 Å². The number of nitrogens with one attached hydrogen (secondary N) is 1. The Hall–Kier alpha value is -3.15. The largest absolute Gasteiger partial charge is 0.431 e. The molecule has 0 atom stereocenters. The van der Waals surface area contributed by atoms with E-state index in [0.29, 0.717) is 5.56 Å². The van der Waals surface area contributed by atoms with Crippen molar-refractivity contribution >= 4 is 18.0 Å². The molecule has 0 aliphatic carbocycles. The van der Waals surface area contributed by atoms with Crippen molar-refractivity contribution in [3.8, 4) is 29.0 Å². The smallest absolute Gasteiger partial charge is 0.422 e. The summed E-state index contributed by atoms with van der Waals surface area (Å²) in [4.78, 5) is 2.53. The van der Waals surface area contributed by atoms with Crippen molar-refractivity contribution in [3.63, 3.8) is 0 Å². The average Bonchev–Trinajstić information content (AvgIpc) is 2.68. The summed E-state index contributed by atoms with van der Waals surface area (Å²) in [7, 11) is 0. The number of nitrogens with two attached hydrogens (primary N) is 1. The number of aromatic amines is 1. The molecule has 0 spiro atoms. The maximum Gasteiger partial charge on any atom is 0.422 e. The minimum atomic E-state index is -3.98. The van der Waals surface area contributed by atoms with E-state index in [2.05, 4.69) is 14.5 Å². The predicted molar refractivity (Wildman–Crippen MR) is 99.8 cm³/mol. The van der Waals surface area contributed by atoms with Crippen LogP contribution in [0.1, 0.15) is 25.0 Å². The summed E-state index contributed by atoms with van der Waals surface area (Å²) in [5.74, 6) is -0.389. The zero-order valence-electron chi connectivity index (χ0n) is 15.3. The van der Waals surface area contributed by atoms with E-state index in [1.807, 2.05) is 26.0 Å². The van der Waals surface area contributed by atoms with E-state index in [0.717, 1.165) is 12.1 Å². The minimum absolute atomic E-state index is 0.0138. The third-order valence-corrected chi connectivity index (χ3v) is 3.56. The lowest BCUT2D eigenvalue weighted by atomic mass is 9.97. The first kappa shape index (κ1) is 23.9. The van der Waals surface area contributed by atoms with Gasteiger partial charge in [0.05, 0.1) is 5.56 Å². The van der Waals surface area contributed by atoms with Gasteiger partial charge in [-0.1, -0.05) is 38.2 Å². The van der Waals surface area contributed by atoms with Crippen LogP contribution in [0.5, 0.6) is 5.75 Å². The number of anilines is 1. The van der Waals surface area contributed by atoms with Crippen LogP contribution in [-0.2, 0) is 4.74 Å². The van der Waals surface area contributed by atoms with Gasteiger partial charge >= 0.3 is 12.7 Å². The Morgan fingerprint density at radius 3 is 2.17 bits per heavy atom. The summed E-state index contributed by atoms with van der Waals surface area (Å²) in [6.45, 7) is -0.989. The van der Waals surface area contributed by atoms with E-state index >= 15 is 0 Å². The van der Waals surface area contributed by atoms with Crippen molar-refractivity contribution < 1.29 is 27.0 Å². The highest BCUT2D eigenvalue weighted by Crippen LogP contribution is 2.32. The zero-order valence-corrected chi connectivity index (χ0v) is 16.1. The van der Waals surface area contributed by atoms with Gasteiger partial charge in [-0.05, 0) is 17.7 Å². The van der Waals surface area contributed by atoms with Crippen LogP contribution in [-0.4, -0.2) is 24.3 Å². The van der Waals surface area contributed by atoms with Crippen molar-refractivity contribution in [2.45, 2.75) is 26.6 Å². The Kier molecular flexibility index (Phi) is 8.57. The molecule has 2 aromatic rings. The van der Waals surface area contributed by atoms with E-state index in [1.54, 1.807) is 0 Å². The molecule has 154 valence electrons. The molecule has 0 unspecified atom stereocenters. The normalized spacial score (nSPS) is 10.5. The van der Waals surface area contributed by atoms with Crippen LogP contribution < -0.4 is 10.5 Å². The molecule has 0 amide bonds. The monoisotopic (exact) mass is 428 g/mol. The number of halogens is 4. The van der Waals surface area contributed by atoms with Gasteiger partial charge in [0.25, 0.3) is 0 Å². The topological polar surface area (TPSA) is 108 Å². The lowest BCUT2D eigenvalue weighted by molar-refractivity contribution is -0.251. The molecule has 1 heterocycles. The number of pyridine rings is 1. The molecule has 6 nitrogen and oxygen atoms in total. The third-order valence-electron chi connectivity index (χ3n) is 3.26. The van der Waals surface area contributed by atoms with E-state index in [9.17, 15) is 28.1 Å². The molecule has 1 aromatic heterocycles. The first-order valence-electron chi connectivity index (χ1n) is 8.11. The molecule has 0 aliphatic rings. The molecular formula is C18H16F4N4O2S. The first-order valence-corrected chi connectivity index (χ1v) is 8.52. The highest BCUT2D eigenvalue weighted by Gasteiger charge is 2.33. The van der Waals surface area contributed by atoms with Crippen LogP contribution in [0.3, 0.4) is 0 Å². The van der Waals surface area contributed by atoms with Gasteiger partial charge < -0.3 is 20.2 Å². The number of aromatic nitrogens is 1. The summed E-state index contributed by atoms with van der Waals surface area (Å²) < 4.78 is 58.5. The first-order chi connectivity index (χ1) is 13.7. The fourth-order valence-electron chi connectivity index (χ4n) is 2.18. The van der Waals surface area contributed by atoms with Crippen molar-refractivity contribution in [3.05, 3.63) is 40.0 Å². The van der Waals surface area contributed by atoms with Crippen LogP contribution in [0, 0.1) is 27.3 Å². The summed E-state index contributed by atoms with van der Waals surface area (Å²) in [6.07, 6.45) is -3.98. The van der Waals surface area contributed by atoms with Crippen LogP contribution in [0.2, 0.25) is 0 Å². The Labute approximate surface area is 169 Å². The predicted octanol–water partition coefficient (Wildman–Crippen LogP) is 4.97. The highest BCUT2D eigenvalue weighted by atomic mass is 32.1. The number of nitrogens with zero attached hydrogens (tertiary/aromatic N) is 2. The number of benzene rings is 1. The third kappa shape index (κ3) is 6.17. The van der Waals surface area contributed by atoms with Gasteiger partial charge in [0.15, 0.2) is 6.61 Å². The maximum atomic E-state index is 13.4. The van der Waals surface area contributed by atoms with Crippen molar-refractivity contribution in [1.82, 2.24) is 4.98 Å². The Balaban J connectivity index is 0.00000204. The minimum Gasteiger partial charge on any atom is -0.431 e. The molecule has 0 aliphatic heterocycles. The molecule has 0 radical (unpaired) electrons. The molecule has 1 aromatic carbocycles. The van der Waals surface area contributed by atoms with Crippen LogP contribution >= 0.6 is 12.2 Å². The van der Waals surface area contributed by atoms with Crippen molar-refractivity contribution in [1.29, 1.82) is 10.5 Å². The second kappa shape index (κ2) is 10.4. The van der Waals surface area contributed by atoms with Crippen LogP contribution in [0.15, 0.2) is 24.3 Å². The number of rotatable bonds is 6. The van der Waals surface area contributed by atoms with Gasteiger partial charge in [0.1, 0.15) is 33.9 Å². The van der Waals surface area contributed by atoms with Crippen LogP contribution in [0.4, 0.5) is 23.4 Å². The quantitative estimate of drug-likeness (QED) is 0.497. The number of nitriles is 2. The van der Waals surface area contributed by atoms with Gasteiger partial charge in [-0.2, -0.15) is 28.1 Å². The molecule has 0 saturated heterocycles. The average molecular weight is 428 g/mol. The summed E-state index contributed by atoms with van der Waals surface area (Å²) >= 11 is 5.01. The van der Waals surface area contributed by atoms with E-state index in [1.165, 1.54) is 12.1 Å². The molecule has 11 heteroatoms. The van der Waals surface area contributed by atoms with Gasteiger partial charge in [0, 0.05) is 5.56 Å². The number of alkyl halides is 4. The molecule has 0 saturated carbocycles. The SMILES string of the molecule is CC.N#Cc1c(N)[nH]c(=S)c(C#N)c1-c1ccc(OC(F)(F)COC(F)F)cc1. The number of hydrogen-bond donors (Lipinski definition) is 2. The molecule has 29 heavy (non-hydrogen) atoms. The number of ether oxygens (including phenoxy) is 2. The fourth-order valence-corrected chi connectivity index (χ4v) is 2.44. The molecule has 0 bridgehead atoms. The van der Waals surface area contributed by atoms with Gasteiger partial charge in [0.2, 0.25) is 0 Å². The molecule has 0 fully saturated rings. The van der Waals surface area contributed by atoms with Crippen LogP contribution in [0.25, 0.3) is 11.1 Å². The second-order valence-corrected chi connectivity index (χ2v) is 5.46. The lowest BCUT2D eigenvalue weighted by Gasteiger charge is -2.18. The molecule has 3 N–H and O–H groups in total. The fraction of sp³-hybridized carbons (Fsp3) is 0.278. The van der Waals surface area contributed by atoms with Crippen molar-refractivity contribution in [2.75, 3.05) is 12.3 Å². The number of hydrogen-bond acceptors (Lipinski definition) is 6. The second-order valence-electron chi connectivity index (χ2n) is 5.05. The zero-order chi connectivity index (χ0) is 22.2. The summed E-state index contributed by atoms with van der Waals surface area (Å²) in [6, 6.07) is 8.54. The van der Waals surface area contributed by atoms with Crippen molar-refractivity contribution in [2.24, 2.45) is 0 Å². The number of H-pyrrole nitrogens is 1. The summed E-state index contributed by atoms with van der Waals surface area (Å²) in [5, 5.41) is 18.6. The van der Waals surface area contributed by atoms with Gasteiger partial charge in [-0.15, -0.1) is 0 Å². The van der Waals surface area contributed by atoms with Gasteiger partial charge in [-0.25, -0.2) is 0 Å². The lowest BCUT2D eigenvalue weighted by Crippen LogP contribution is -2.31. The standard InChI is InChI=1S/C16H10F4N4O2S.C2H6/c17-15(18)25-7-16(19,20)26-9-3-1-8(2-4-9)12-10(5-21)13(23)24-14(27)11(12)6-22;1-2/h1-4,15H,7H2,(H3,23,24,27);1-2H3. The summed E-state index contributed by atoms with van der Waals surface area (Å²) in [5.41, 5.74) is 6.10. The molecular weight excluding hydrogens is 412 g/mol. The van der Waals surface area contributed by atoms with E-state index in [4.69, 9.17) is 18.0 Å². The Bertz CT molecular complexity index is 980.